The van der Waals surface area contributed by atoms with Crippen LogP contribution >= 0.6 is 6.72 Å². The van der Waals surface area contributed by atoms with E-state index >= 15 is 0 Å². The lowest BCUT2D eigenvalue weighted by molar-refractivity contribution is -0.193. The number of ether oxygens (including phenoxy) is 1. The Labute approximate surface area is 183 Å². The Morgan fingerprint density at radius 3 is 2.84 bits per heavy atom. The normalized spacial score (nSPS) is 32.0. The van der Waals surface area contributed by atoms with Gasteiger partial charge in [0.15, 0.2) is 23.5 Å². The number of anilines is 1. The van der Waals surface area contributed by atoms with E-state index in [0.29, 0.717) is 22.1 Å². The highest BCUT2D eigenvalue weighted by Gasteiger charge is 2.61. The molecule has 1 unspecified atom stereocenters. The van der Waals surface area contributed by atoms with Crippen molar-refractivity contribution in [3.63, 3.8) is 0 Å². The lowest BCUT2D eigenvalue weighted by Gasteiger charge is -2.34. The molecule has 32 heavy (non-hydrogen) atoms. The van der Waals surface area contributed by atoms with Crippen molar-refractivity contribution in [1.29, 1.82) is 0 Å². The molecule has 1 fully saturated rings. The van der Waals surface area contributed by atoms with Gasteiger partial charge in [-0.1, -0.05) is 18.2 Å². The molecular formula is C17H17F3N3O7PS. The van der Waals surface area contributed by atoms with Crippen LogP contribution in [0.25, 0.3) is 0 Å². The first kappa shape index (κ1) is 23.1. The lowest BCUT2D eigenvalue weighted by Crippen LogP contribution is -2.52. The smallest absolute Gasteiger partial charge is 0.381 e. The molecule has 10 nitrogen and oxygen atoms in total. The van der Waals surface area contributed by atoms with Gasteiger partial charge >= 0.3 is 12.4 Å². The molecule has 0 bridgehead atoms. The van der Waals surface area contributed by atoms with Crippen LogP contribution < -0.4 is 15.9 Å². The Kier molecular flexibility index (Phi) is 6.05. The van der Waals surface area contributed by atoms with E-state index in [1.54, 1.807) is 24.3 Å². The van der Waals surface area contributed by atoms with Crippen LogP contribution in [0.15, 0.2) is 35.3 Å². The fourth-order valence-electron chi connectivity index (χ4n) is 3.28. The topological polar surface area (TPSA) is 138 Å². The van der Waals surface area contributed by atoms with Crippen molar-refractivity contribution in [2.24, 2.45) is 0 Å². The van der Waals surface area contributed by atoms with E-state index in [1.165, 1.54) is 0 Å². The Morgan fingerprint density at radius 2 is 2.12 bits per heavy atom. The van der Waals surface area contributed by atoms with Crippen LogP contribution in [0.4, 0.5) is 19.0 Å². The van der Waals surface area contributed by atoms with Crippen LogP contribution in [-0.4, -0.2) is 50.6 Å². The monoisotopic (exact) mass is 495 g/mol. The standard InChI is InChI=1S/C17H17F3N3O7PS/c18-9-5-23(16(26)22-13(9)21)14-11(24)12(25)17(29-14,15(19)20)7-28-31(32)27-6-8-3-1-2-4-10(8)30-31/h1-5,11-12,14-15,24-25H,6-7H2,(H2,21,22,26)/t11-,12-,14-,17-,31?/m1/s1. The first-order valence-electron chi connectivity index (χ1n) is 9.09. The van der Waals surface area contributed by atoms with Gasteiger partial charge in [0.05, 0.1) is 19.4 Å². The maximum absolute atomic E-state index is 14.1. The zero-order valence-corrected chi connectivity index (χ0v) is 17.7. The zero-order valence-electron chi connectivity index (χ0n) is 16.0. The van der Waals surface area contributed by atoms with Gasteiger partial charge in [0.25, 0.3) is 6.43 Å². The van der Waals surface area contributed by atoms with Gasteiger partial charge in [-0.2, -0.15) is 4.98 Å². The maximum atomic E-state index is 14.1. The van der Waals surface area contributed by atoms with Crippen molar-refractivity contribution in [2.45, 2.75) is 37.1 Å². The van der Waals surface area contributed by atoms with Crippen molar-refractivity contribution in [3.8, 4) is 5.75 Å². The number of nitrogens with two attached hydrogens (primary N) is 1. The lowest BCUT2D eigenvalue weighted by atomic mass is 9.96. The molecule has 3 heterocycles. The fourth-order valence-corrected chi connectivity index (χ4v) is 5.10. The summed E-state index contributed by atoms with van der Waals surface area (Å²) < 4.78 is 63.9. The summed E-state index contributed by atoms with van der Waals surface area (Å²) in [5.41, 5.74) is 1.85. The van der Waals surface area contributed by atoms with Crippen molar-refractivity contribution >= 4 is 24.3 Å². The highest BCUT2D eigenvalue weighted by molar-refractivity contribution is 8.07. The molecule has 0 spiro atoms. The highest BCUT2D eigenvalue weighted by Crippen LogP contribution is 2.56. The number of aliphatic hydroxyl groups is 2. The number of nitrogens with zero attached hydrogens (tertiary/aromatic N) is 2. The van der Waals surface area contributed by atoms with Crippen molar-refractivity contribution < 1.29 is 41.7 Å². The largest absolute Gasteiger partial charge is 0.424 e. The molecule has 1 aromatic heterocycles. The summed E-state index contributed by atoms with van der Waals surface area (Å²) in [7, 11) is 0. The first-order chi connectivity index (χ1) is 15.1. The average molecular weight is 495 g/mol. The summed E-state index contributed by atoms with van der Waals surface area (Å²) in [6, 6.07) is 6.74. The summed E-state index contributed by atoms with van der Waals surface area (Å²) in [5, 5.41) is 20.7. The predicted octanol–water partition coefficient (Wildman–Crippen LogP) is 1.07. The highest BCUT2D eigenvalue weighted by atomic mass is 32.5. The van der Waals surface area contributed by atoms with E-state index in [9.17, 15) is 28.2 Å². The van der Waals surface area contributed by atoms with Gasteiger partial charge in [0.1, 0.15) is 18.0 Å². The number of rotatable bonds is 5. The number of aliphatic hydroxyl groups excluding tert-OH is 2. The molecule has 2 aromatic rings. The molecule has 5 atom stereocenters. The molecule has 0 radical (unpaired) electrons. The van der Waals surface area contributed by atoms with Crippen molar-refractivity contribution in [3.05, 3.63) is 52.3 Å². The second kappa shape index (κ2) is 8.37. The average Bonchev–Trinajstić information content (AvgIpc) is 3.01. The number of benzene rings is 1. The van der Waals surface area contributed by atoms with E-state index in [2.05, 4.69) is 4.98 Å². The third kappa shape index (κ3) is 3.92. The maximum Gasteiger partial charge on any atom is 0.381 e. The van der Waals surface area contributed by atoms with E-state index in [4.69, 9.17) is 35.8 Å². The molecule has 15 heteroatoms. The quantitative estimate of drug-likeness (QED) is 0.517. The van der Waals surface area contributed by atoms with Gasteiger partial charge in [-0.05, 0) is 6.07 Å². The number of hydrogen-bond acceptors (Lipinski definition) is 10. The number of nitrogen functional groups attached to an aromatic ring is 1. The summed E-state index contributed by atoms with van der Waals surface area (Å²) in [4.78, 5) is 15.2. The molecule has 4 N–H and O–H groups in total. The molecule has 1 saturated heterocycles. The summed E-state index contributed by atoms with van der Waals surface area (Å²) in [6.45, 7) is -4.62. The van der Waals surface area contributed by atoms with Crippen LogP contribution in [0.1, 0.15) is 11.8 Å². The van der Waals surface area contributed by atoms with Crippen molar-refractivity contribution in [2.75, 3.05) is 12.3 Å². The van der Waals surface area contributed by atoms with E-state index in [0.717, 1.165) is 0 Å². The van der Waals surface area contributed by atoms with E-state index < -0.39 is 61.1 Å². The minimum absolute atomic E-state index is 0.00949. The summed E-state index contributed by atoms with van der Waals surface area (Å²) in [6.07, 6.45) is -9.12. The first-order valence-corrected chi connectivity index (χ1v) is 11.6. The molecule has 1 aromatic carbocycles. The van der Waals surface area contributed by atoms with Gasteiger partial charge in [-0.3, -0.25) is 13.6 Å². The molecule has 174 valence electrons. The molecule has 0 amide bonds. The SMILES string of the molecule is Nc1nc(=O)n([C@@H]2O[C@@](COP3(=S)OCc4ccccc4O3)(C(F)F)[C@H](O)[C@H]2O)cc1F. The van der Waals surface area contributed by atoms with Crippen molar-refractivity contribution in [1.82, 2.24) is 9.55 Å². The molecule has 0 saturated carbocycles. The molecular weight excluding hydrogens is 478 g/mol. The number of halogens is 3. The van der Waals surface area contributed by atoms with Gasteiger partial charge in [0.2, 0.25) is 0 Å². The number of para-hydroxylation sites is 1. The van der Waals surface area contributed by atoms with Gasteiger partial charge in [-0.15, -0.1) is 0 Å². The third-order valence-corrected chi connectivity index (χ3v) is 7.21. The summed E-state index contributed by atoms with van der Waals surface area (Å²) >= 11 is 5.21. The minimum Gasteiger partial charge on any atom is -0.424 e. The minimum atomic E-state index is -3.57. The Bertz CT molecular complexity index is 1140. The second-order valence-electron chi connectivity index (χ2n) is 7.06. The van der Waals surface area contributed by atoms with Gasteiger partial charge in [-0.25, -0.2) is 18.0 Å². The van der Waals surface area contributed by atoms with E-state index in [1.807, 2.05) is 0 Å². The van der Waals surface area contributed by atoms with Crippen LogP contribution in [0.5, 0.6) is 5.75 Å². The molecule has 0 aliphatic carbocycles. The van der Waals surface area contributed by atoms with Gasteiger partial charge in [0, 0.05) is 17.4 Å². The Balaban J connectivity index is 1.59. The number of fused-ring (bicyclic) bond motifs is 1. The number of alkyl halides is 2. The molecule has 2 aliphatic rings. The van der Waals surface area contributed by atoms with Crippen LogP contribution in [-0.2, 0) is 32.2 Å². The predicted molar refractivity (Wildman–Crippen MR) is 106 cm³/mol. The molecule has 4 rings (SSSR count). The van der Waals surface area contributed by atoms with Crippen LogP contribution in [0.2, 0.25) is 0 Å². The Hall–Kier alpha value is -2.06. The zero-order chi connectivity index (χ0) is 23.3. The van der Waals surface area contributed by atoms with Crippen LogP contribution in [0, 0.1) is 5.82 Å². The molecule has 2 aliphatic heterocycles. The number of aromatic nitrogens is 2. The van der Waals surface area contributed by atoms with Gasteiger partial charge < -0.3 is 25.2 Å². The fraction of sp³-hybridized carbons (Fsp3) is 0.412. The van der Waals surface area contributed by atoms with Crippen LogP contribution in [0.3, 0.4) is 0 Å². The Morgan fingerprint density at radius 1 is 1.41 bits per heavy atom. The summed E-state index contributed by atoms with van der Waals surface area (Å²) in [5.74, 6) is -1.53. The van der Waals surface area contributed by atoms with E-state index in [-0.39, 0.29) is 6.61 Å². The third-order valence-electron chi connectivity index (χ3n) is 5.04. The second-order valence-corrected chi connectivity index (χ2v) is 9.99. The number of hydrogen-bond donors (Lipinski definition) is 3.